The van der Waals surface area contributed by atoms with E-state index in [-0.39, 0.29) is 35.2 Å². The van der Waals surface area contributed by atoms with Gasteiger partial charge in [-0.25, -0.2) is 9.97 Å². The van der Waals surface area contributed by atoms with Crippen LogP contribution in [0.5, 0.6) is 0 Å². The maximum Gasteiger partial charge on any atom is 0.254 e. The Morgan fingerprint density at radius 2 is 1.93 bits per heavy atom. The number of hydrogen-bond donors (Lipinski definition) is 2. The molecule has 7 heteroatoms. The molecule has 0 radical (unpaired) electrons. The summed E-state index contributed by atoms with van der Waals surface area (Å²) in [7, 11) is 0. The lowest BCUT2D eigenvalue weighted by Gasteiger charge is -2.37. The van der Waals surface area contributed by atoms with Gasteiger partial charge in [-0.05, 0) is 19.3 Å². The van der Waals surface area contributed by atoms with Gasteiger partial charge in [0.05, 0.1) is 17.7 Å². The summed E-state index contributed by atoms with van der Waals surface area (Å²) >= 11 is 0. The van der Waals surface area contributed by atoms with Crippen molar-refractivity contribution in [3.05, 3.63) is 23.8 Å². The predicted octanol–water partition coefficient (Wildman–Crippen LogP) is 2.26. The van der Waals surface area contributed by atoms with Gasteiger partial charge in [0.25, 0.3) is 5.91 Å². The molecule has 1 aromatic heterocycles. The molecule has 2 fully saturated rings. The lowest BCUT2D eigenvalue weighted by molar-refractivity contribution is -0.133. The number of carbonyl (C=O) groups is 2. The first kappa shape index (κ1) is 20.7. The van der Waals surface area contributed by atoms with Crippen molar-refractivity contribution < 1.29 is 14.7 Å². The van der Waals surface area contributed by atoms with Gasteiger partial charge < -0.3 is 15.3 Å². The van der Waals surface area contributed by atoms with Gasteiger partial charge in [0.1, 0.15) is 5.82 Å². The summed E-state index contributed by atoms with van der Waals surface area (Å²) in [6.07, 6.45) is 7.06. The quantitative estimate of drug-likeness (QED) is 0.825. The highest BCUT2D eigenvalue weighted by molar-refractivity contribution is 5.93. The van der Waals surface area contributed by atoms with Crippen LogP contribution >= 0.6 is 0 Å². The van der Waals surface area contributed by atoms with Crippen molar-refractivity contribution in [1.29, 1.82) is 0 Å². The van der Waals surface area contributed by atoms with Gasteiger partial charge in [0.2, 0.25) is 5.91 Å². The van der Waals surface area contributed by atoms with E-state index < -0.39 is 6.10 Å². The molecule has 2 N–H and O–H groups in total. The Morgan fingerprint density at radius 3 is 2.54 bits per heavy atom. The van der Waals surface area contributed by atoms with Crippen LogP contribution in [0.15, 0.2) is 12.4 Å². The first-order chi connectivity index (χ1) is 13.2. The summed E-state index contributed by atoms with van der Waals surface area (Å²) in [5.41, 5.74) is 0.0943. The highest BCUT2D eigenvalue weighted by Gasteiger charge is 2.54. The van der Waals surface area contributed by atoms with Gasteiger partial charge in [-0.15, -0.1) is 0 Å². The molecule has 1 aliphatic carbocycles. The van der Waals surface area contributed by atoms with Gasteiger partial charge in [-0.2, -0.15) is 0 Å². The number of nitrogens with zero attached hydrogens (tertiary/aromatic N) is 3. The average molecular weight is 389 g/mol. The SMILES string of the molecule is CC(=O)N1[C@@H](CNC(=O)c2cnc(C(C)C)nc2)C[C@@]2(C)[C@@H](O)CCCC[C@@H]12. The number of amides is 2. The molecule has 7 nitrogen and oxygen atoms in total. The summed E-state index contributed by atoms with van der Waals surface area (Å²) in [5, 5.41) is 13.7. The third-order valence-corrected chi connectivity index (χ3v) is 6.44. The lowest BCUT2D eigenvalue weighted by atomic mass is 9.75. The molecular weight excluding hydrogens is 356 g/mol. The molecule has 1 aromatic rings. The number of aromatic nitrogens is 2. The minimum absolute atomic E-state index is 0.00620. The molecule has 0 spiro atoms. The summed E-state index contributed by atoms with van der Waals surface area (Å²) in [6.45, 7) is 8.04. The van der Waals surface area contributed by atoms with E-state index in [2.05, 4.69) is 22.2 Å². The highest BCUT2D eigenvalue weighted by atomic mass is 16.3. The second-order valence-electron chi connectivity index (χ2n) is 8.80. The van der Waals surface area contributed by atoms with Gasteiger partial charge in [-0.1, -0.05) is 33.6 Å². The zero-order chi connectivity index (χ0) is 20.5. The maximum absolute atomic E-state index is 12.5. The first-order valence-corrected chi connectivity index (χ1v) is 10.3. The van der Waals surface area contributed by atoms with E-state index >= 15 is 0 Å². The van der Waals surface area contributed by atoms with Crippen LogP contribution in [-0.4, -0.2) is 56.5 Å². The average Bonchev–Trinajstić information content (AvgIpc) is 2.88. The molecule has 2 amide bonds. The van der Waals surface area contributed by atoms with Crippen LogP contribution in [-0.2, 0) is 4.79 Å². The molecular formula is C21H32N4O3. The fourth-order valence-electron chi connectivity index (χ4n) is 4.86. The molecule has 2 heterocycles. The zero-order valence-corrected chi connectivity index (χ0v) is 17.3. The summed E-state index contributed by atoms with van der Waals surface area (Å²) in [6, 6.07) is -0.0851. The monoisotopic (exact) mass is 388 g/mol. The second kappa shape index (κ2) is 8.15. The maximum atomic E-state index is 12.5. The second-order valence-corrected chi connectivity index (χ2v) is 8.80. The number of aliphatic hydroxyl groups excluding tert-OH is 1. The molecule has 1 saturated carbocycles. The Bertz CT molecular complexity index is 721. The number of rotatable bonds is 4. The van der Waals surface area contributed by atoms with E-state index in [1.54, 1.807) is 19.3 Å². The Labute approximate surface area is 166 Å². The van der Waals surface area contributed by atoms with Crippen molar-refractivity contribution in [2.45, 2.75) is 83.9 Å². The number of hydrogen-bond acceptors (Lipinski definition) is 5. The third-order valence-electron chi connectivity index (χ3n) is 6.44. The largest absolute Gasteiger partial charge is 0.392 e. The number of aliphatic hydroxyl groups is 1. The van der Waals surface area contributed by atoms with E-state index in [0.29, 0.717) is 24.4 Å². The number of fused-ring (bicyclic) bond motifs is 1. The summed E-state index contributed by atoms with van der Waals surface area (Å²) in [5.74, 6) is 0.680. The van der Waals surface area contributed by atoms with Crippen molar-refractivity contribution in [2.75, 3.05) is 6.54 Å². The number of nitrogens with one attached hydrogen (secondary N) is 1. The fourth-order valence-corrected chi connectivity index (χ4v) is 4.86. The van der Waals surface area contributed by atoms with E-state index in [1.165, 1.54) is 0 Å². The molecule has 154 valence electrons. The van der Waals surface area contributed by atoms with Crippen LogP contribution in [0.2, 0.25) is 0 Å². The molecule has 2 aliphatic rings. The van der Waals surface area contributed by atoms with Crippen LogP contribution in [0.25, 0.3) is 0 Å². The molecule has 3 rings (SSSR count). The smallest absolute Gasteiger partial charge is 0.254 e. The fraction of sp³-hybridized carbons (Fsp3) is 0.714. The van der Waals surface area contributed by atoms with Crippen molar-refractivity contribution in [2.24, 2.45) is 5.41 Å². The first-order valence-electron chi connectivity index (χ1n) is 10.3. The molecule has 28 heavy (non-hydrogen) atoms. The summed E-state index contributed by atoms with van der Waals surface area (Å²) < 4.78 is 0. The highest BCUT2D eigenvalue weighted by Crippen LogP contribution is 2.48. The van der Waals surface area contributed by atoms with Crippen LogP contribution in [0.4, 0.5) is 0 Å². The third kappa shape index (κ3) is 3.90. The number of likely N-dealkylation sites (tertiary alicyclic amines) is 1. The Hall–Kier alpha value is -2.02. The van der Waals surface area contributed by atoms with Crippen LogP contribution < -0.4 is 5.32 Å². The van der Waals surface area contributed by atoms with Crippen LogP contribution in [0.3, 0.4) is 0 Å². The van der Waals surface area contributed by atoms with Crippen molar-refractivity contribution in [1.82, 2.24) is 20.2 Å². The van der Waals surface area contributed by atoms with Gasteiger partial charge >= 0.3 is 0 Å². The van der Waals surface area contributed by atoms with Crippen molar-refractivity contribution >= 4 is 11.8 Å². The Morgan fingerprint density at radius 1 is 1.29 bits per heavy atom. The normalized spacial score (nSPS) is 30.1. The lowest BCUT2D eigenvalue weighted by Crippen LogP contribution is -2.48. The van der Waals surface area contributed by atoms with Crippen molar-refractivity contribution in [3.63, 3.8) is 0 Å². The summed E-state index contributed by atoms with van der Waals surface area (Å²) in [4.78, 5) is 35.3. The van der Waals surface area contributed by atoms with E-state index in [0.717, 1.165) is 25.7 Å². The molecule has 4 atom stereocenters. The minimum Gasteiger partial charge on any atom is -0.392 e. The zero-order valence-electron chi connectivity index (χ0n) is 17.3. The molecule has 0 unspecified atom stereocenters. The van der Waals surface area contributed by atoms with Crippen molar-refractivity contribution in [3.8, 4) is 0 Å². The van der Waals surface area contributed by atoms with Crippen LogP contribution in [0, 0.1) is 5.41 Å². The topological polar surface area (TPSA) is 95.4 Å². The van der Waals surface area contributed by atoms with E-state index in [1.807, 2.05) is 18.7 Å². The van der Waals surface area contributed by atoms with Gasteiger partial charge in [-0.3, -0.25) is 9.59 Å². The predicted molar refractivity (Wildman–Crippen MR) is 106 cm³/mol. The standard InChI is InChI=1S/C21H32N4O3/c1-13(2)19-22-10-15(11-23-19)20(28)24-12-16-9-21(4)17(25(16)14(3)26)7-5-6-8-18(21)27/h10-11,13,16-18,27H,5-9,12H2,1-4H3,(H,24,28)/t16-,17-,18+,21-/m1/s1. The Kier molecular flexibility index (Phi) is 6.03. The van der Waals surface area contributed by atoms with E-state index in [4.69, 9.17) is 0 Å². The van der Waals surface area contributed by atoms with E-state index in [9.17, 15) is 14.7 Å². The van der Waals surface area contributed by atoms with Gasteiger partial charge in [0, 0.05) is 43.2 Å². The Balaban J connectivity index is 1.70. The molecule has 1 saturated heterocycles. The molecule has 0 bridgehead atoms. The minimum atomic E-state index is -0.417. The number of carbonyl (C=O) groups excluding carboxylic acids is 2. The molecule has 0 aromatic carbocycles. The van der Waals surface area contributed by atoms with Crippen LogP contribution in [0.1, 0.15) is 81.9 Å². The molecule has 1 aliphatic heterocycles. The van der Waals surface area contributed by atoms with Gasteiger partial charge in [0.15, 0.2) is 0 Å².